The molecule has 1 N–H and O–H groups in total. The van der Waals surface area contributed by atoms with E-state index in [1.54, 1.807) is 12.1 Å². The summed E-state index contributed by atoms with van der Waals surface area (Å²) in [7, 11) is 1.91. The summed E-state index contributed by atoms with van der Waals surface area (Å²) < 4.78 is 15.3. The van der Waals surface area contributed by atoms with Crippen LogP contribution in [0.4, 0.5) is 10.3 Å². The largest absolute Gasteiger partial charge is 0.393 e. The summed E-state index contributed by atoms with van der Waals surface area (Å²) in [4.78, 5) is 20.0. The van der Waals surface area contributed by atoms with Crippen LogP contribution in [-0.2, 0) is 4.79 Å². The number of aldehydes is 1. The molecule has 156 valence electrons. The van der Waals surface area contributed by atoms with Gasteiger partial charge in [-0.05, 0) is 43.0 Å². The van der Waals surface area contributed by atoms with Gasteiger partial charge in [-0.25, -0.2) is 14.4 Å². The fourth-order valence-electron chi connectivity index (χ4n) is 2.85. The topological polar surface area (TPSA) is 66.3 Å². The normalized spacial score (nSPS) is 12.5. The lowest BCUT2D eigenvalue weighted by molar-refractivity contribution is -0.109. The third kappa shape index (κ3) is 6.37. The third-order valence-electron chi connectivity index (χ3n) is 4.50. The van der Waals surface area contributed by atoms with Crippen molar-refractivity contribution >= 4 is 30.3 Å². The zero-order valence-electron chi connectivity index (χ0n) is 17.3. The molecular weight excluding hydrogens is 389 g/mol. The van der Waals surface area contributed by atoms with E-state index in [1.165, 1.54) is 24.1 Å². The lowest BCUT2D eigenvalue weighted by atomic mass is 9.97. The zero-order valence-corrected chi connectivity index (χ0v) is 18.1. The van der Waals surface area contributed by atoms with Gasteiger partial charge in [-0.2, -0.15) is 0 Å². The van der Waals surface area contributed by atoms with Crippen molar-refractivity contribution in [3.05, 3.63) is 47.4 Å². The minimum atomic E-state index is -0.632. The Morgan fingerprint density at radius 1 is 1.24 bits per heavy atom. The van der Waals surface area contributed by atoms with Crippen molar-refractivity contribution in [1.29, 1.82) is 0 Å². The molecule has 7 heteroatoms. The van der Waals surface area contributed by atoms with Crippen LogP contribution in [0.3, 0.4) is 0 Å². The summed E-state index contributed by atoms with van der Waals surface area (Å²) >= 11 is 1.51. The van der Waals surface area contributed by atoms with E-state index < -0.39 is 6.10 Å². The van der Waals surface area contributed by atoms with Crippen molar-refractivity contribution in [2.45, 2.75) is 45.1 Å². The lowest BCUT2D eigenvalue weighted by Crippen LogP contribution is -2.13. The summed E-state index contributed by atoms with van der Waals surface area (Å²) in [6, 6.07) is 6.28. The maximum atomic E-state index is 13.5. The van der Waals surface area contributed by atoms with Crippen LogP contribution in [0.25, 0.3) is 17.3 Å². The smallest absolute Gasteiger partial charge is 0.236 e. The van der Waals surface area contributed by atoms with E-state index in [0.29, 0.717) is 18.8 Å². The zero-order chi connectivity index (χ0) is 21.4. The van der Waals surface area contributed by atoms with E-state index in [9.17, 15) is 14.3 Å². The lowest BCUT2D eigenvalue weighted by Gasteiger charge is -2.20. The number of carbonyl (C=O) groups excluding carboxylic acids is 1. The van der Waals surface area contributed by atoms with E-state index in [1.807, 2.05) is 29.8 Å². The minimum Gasteiger partial charge on any atom is -0.393 e. The van der Waals surface area contributed by atoms with E-state index in [2.05, 4.69) is 13.8 Å². The first-order chi connectivity index (χ1) is 13.9. The van der Waals surface area contributed by atoms with Crippen LogP contribution in [0.1, 0.15) is 50.3 Å². The number of benzene rings is 1. The Hall–Kier alpha value is -2.25. The van der Waals surface area contributed by atoms with Crippen LogP contribution in [0.15, 0.2) is 30.3 Å². The van der Waals surface area contributed by atoms with Gasteiger partial charge in [-0.1, -0.05) is 37.9 Å². The Morgan fingerprint density at radius 2 is 1.93 bits per heavy atom. The van der Waals surface area contributed by atoms with Crippen molar-refractivity contribution in [2.24, 2.45) is 0 Å². The van der Waals surface area contributed by atoms with Crippen molar-refractivity contribution < 1.29 is 14.3 Å². The first-order valence-corrected chi connectivity index (χ1v) is 10.8. The van der Waals surface area contributed by atoms with Gasteiger partial charge in [0.05, 0.1) is 17.5 Å². The molecule has 0 spiro atoms. The van der Waals surface area contributed by atoms with Crippen molar-refractivity contribution in [3.8, 4) is 11.3 Å². The molecule has 2 rings (SSSR count). The average Bonchev–Trinajstić information content (AvgIpc) is 2.71. The van der Waals surface area contributed by atoms with Crippen LogP contribution in [0.5, 0.6) is 0 Å². The van der Waals surface area contributed by atoms with Crippen molar-refractivity contribution in [3.63, 3.8) is 0 Å². The van der Waals surface area contributed by atoms with Gasteiger partial charge in [0.1, 0.15) is 12.1 Å². The highest BCUT2D eigenvalue weighted by Gasteiger charge is 2.18. The minimum absolute atomic E-state index is 0.144. The molecule has 0 saturated carbocycles. The van der Waals surface area contributed by atoms with Crippen molar-refractivity contribution in [2.75, 3.05) is 17.6 Å². The van der Waals surface area contributed by atoms with Crippen molar-refractivity contribution in [1.82, 2.24) is 9.97 Å². The van der Waals surface area contributed by atoms with E-state index >= 15 is 0 Å². The van der Waals surface area contributed by atoms with Crippen LogP contribution < -0.4 is 4.31 Å². The molecular formula is C22H28FN3O2S. The van der Waals surface area contributed by atoms with Gasteiger partial charge in [-0.15, -0.1) is 0 Å². The molecule has 29 heavy (non-hydrogen) atoms. The predicted octanol–water partition coefficient (Wildman–Crippen LogP) is 4.86. The van der Waals surface area contributed by atoms with Gasteiger partial charge in [0, 0.05) is 30.9 Å². The third-order valence-corrected chi connectivity index (χ3v) is 5.21. The Morgan fingerprint density at radius 3 is 2.52 bits per heavy atom. The molecule has 0 amide bonds. The van der Waals surface area contributed by atoms with Gasteiger partial charge in [0.2, 0.25) is 5.95 Å². The van der Waals surface area contributed by atoms with Gasteiger partial charge in [0.15, 0.2) is 0 Å². The number of carbonyl (C=O) groups is 1. The molecule has 0 aliphatic rings. The molecule has 1 aromatic heterocycles. The summed E-state index contributed by atoms with van der Waals surface area (Å²) in [5.74, 6) is 0.459. The van der Waals surface area contributed by atoms with Gasteiger partial charge >= 0.3 is 0 Å². The first kappa shape index (κ1) is 23.0. The fraction of sp³-hybridized carbons (Fsp3) is 0.409. The van der Waals surface area contributed by atoms with Crippen LogP contribution in [0.2, 0.25) is 0 Å². The highest BCUT2D eigenvalue weighted by molar-refractivity contribution is 7.99. The molecule has 0 radical (unpaired) electrons. The molecule has 0 saturated heterocycles. The quantitative estimate of drug-likeness (QED) is 0.440. The maximum absolute atomic E-state index is 13.5. The Bertz CT molecular complexity index is 841. The Labute approximate surface area is 176 Å². The summed E-state index contributed by atoms with van der Waals surface area (Å²) in [5, 5.41) is 9.74. The number of aliphatic hydroxyl groups is 1. The highest BCUT2D eigenvalue weighted by Crippen LogP contribution is 2.32. The van der Waals surface area contributed by atoms with E-state index in [0.717, 1.165) is 28.8 Å². The Balaban J connectivity index is 2.50. The number of allylic oxidation sites excluding steroid dienone is 1. The molecule has 1 heterocycles. The molecule has 2 aromatic rings. The molecule has 5 nitrogen and oxygen atoms in total. The van der Waals surface area contributed by atoms with Crippen LogP contribution in [0, 0.1) is 5.82 Å². The van der Waals surface area contributed by atoms with E-state index in [-0.39, 0.29) is 18.2 Å². The molecule has 1 atom stereocenters. The molecule has 0 aliphatic carbocycles. The second kappa shape index (κ2) is 11.1. The number of hydrogen-bond donors (Lipinski definition) is 1. The SMILES string of the molecule is CSN(C)c1nc(-c2ccc(F)cc2)c(/C=C/CCC(O)CC=O)c(C(C)C)n1. The molecule has 0 fully saturated rings. The number of halogens is 1. The summed E-state index contributed by atoms with van der Waals surface area (Å²) in [6.45, 7) is 4.15. The first-order valence-electron chi connectivity index (χ1n) is 9.61. The fourth-order valence-corrected chi connectivity index (χ4v) is 3.09. The monoisotopic (exact) mass is 417 g/mol. The molecule has 0 aliphatic heterocycles. The summed E-state index contributed by atoms with van der Waals surface area (Å²) in [6.07, 6.45) is 7.25. The second-order valence-corrected chi connectivity index (χ2v) is 7.96. The number of anilines is 1. The molecule has 1 aromatic carbocycles. The second-order valence-electron chi connectivity index (χ2n) is 7.05. The average molecular weight is 418 g/mol. The van der Waals surface area contributed by atoms with Gasteiger partial charge in [-0.3, -0.25) is 4.31 Å². The van der Waals surface area contributed by atoms with Crippen LogP contribution in [-0.4, -0.2) is 40.8 Å². The standard InChI is InChI=1S/C22H28FN3O2S/c1-15(2)20-19(8-6-5-7-18(28)13-14-27)21(16-9-11-17(23)12-10-16)25-22(24-20)26(3)29-4/h6,8-12,14-15,18,28H,5,7,13H2,1-4H3/b8-6+. The molecule has 1 unspecified atom stereocenters. The number of aliphatic hydroxyl groups excluding tert-OH is 1. The number of hydrogen-bond acceptors (Lipinski definition) is 6. The number of aromatic nitrogens is 2. The number of rotatable bonds is 10. The highest BCUT2D eigenvalue weighted by atomic mass is 32.2. The number of nitrogens with zero attached hydrogens (tertiary/aromatic N) is 3. The predicted molar refractivity (Wildman–Crippen MR) is 118 cm³/mol. The Kier molecular flexibility index (Phi) is 8.79. The maximum Gasteiger partial charge on any atom is 0.236 e. The van der Waals surface area contributed by atoms with E-state index in [4.69, 9.17) is 9.97 Å². The molecule has 0 bridgehead atoms. The van der Waals surface area contributed by atoms with Crippen LogP contribution >= 0.6 is 11.9 Å². The van der Waals surface area contributed by atoms with Gasteiger partial charge < -0.3 is 9.90 Å². The summed E-state index contributed by atoms with van der Waals surface area (Å²) in [5.41, 5.74) is 3.34. The van der Waals surface area contributed by atoms with Gasteiger partial charge in [0.25, 0.3) is 0 Å².